The zero-order chi connectivity index (χ0) is 16.9. The summed E-state index contributed by atoms with van der Waals surface area (Å²) in [6.07, 6.45) is 2.68. The Labute approximate surface area is 142 Å². The van der Waals surface area contributed by atoms with Crippen LogP contribution in [-0.2, 0) is 0 Å². The van der Waals surface area contributed by atoms with E-state index < -0.39 is 0 Å². The van der Waals surface area contributed by atoms with Crippen molar-refractivity contribution in [1.82, 2.24) is 0 Å². The smallest absolute Gasteiger partial charge is 0.231 e. The Balaban J connectivity index is 2.01. The van der Waals surface area contributed by atoms with Crippen LogP contribution in [0.15, 0.2) is 49.1 Å². The second-order valence-electron chi connectivity index (χ2n) is 5.58. The van der Waals surface area contributed by atoms with Gasteiger partial charge in [0.1, 0.15) is 18.1 Å². The van der Waals surface area contributed by atoms with Crippen LogP contribution in [-0.4, -0.2) is 20.5 Å². The lowest BCUT2D eigenvalue weighted by molar-refractivity contribution is 0.174. The number of hydrogen-bond acceptors (Lipinski definition) is 4. The van der Waals surface area contributed by atoms with Gasteiger partial charge in [-0.25, -0.2) is 0 Å². The molecule has 2 aromatic carbocycles. The van der Waals surface area contributed by atoms with Crippen molar-refractivity contribution in [3.8, 4) is 23.0 Å². The van der Waals surface area contributed by atoms with Crippen LogP contribution in [0.5, 0.6) is 23.0 Å². The highest BCUT2D eigenvalue weighted by molar-refractivity contribution is 5.55. The first-order valence-electron chi connectivity index (χ1n) is 8.08. The Morgan fingerprint density at radius 3 is 2.50 bits per heavy atom. The summed E-state index contributed by atoms with van der Waals surface area (Å²) >= 11 is 0. The van der Waals surface area contributed by atoms with E-state index in [1.807, 2.05) is 24.3 Å². The van der Waals surface area contributed by atoms with Gasteiger partial charge in [-0.1, -0.05) is 31.7 Å². The van der Waals surface area contributed by atoms with E-state index in [0.29, 0.717) is 6.61 Å². The van der Waals surface area contributed by atoms with Gasteiger partial charge >= 0.3 is 0 Å². The molecule has 1 aliphatic heterocycles. The summed E-state index contributed by atoms with van der Waals surface area (Å²) in [4.78, 5) is 0. The minimum atomic E-state index is 0.199. The summed E-state index contributed by atoms with van der Waals surface area (Å²) in [6.45, 7) is 6.59. The number of ether oxygens (including phenoxy) is 4. The first-order chi connectivity index (χ1) is 11.8. The molecule has 0 aromatic heterocycles. The molecule has 0 bridgehead atoms. The zero-order valence-corrected chi connectivity index (χ0v) is 14.1. The number of hydrogen-bond donors (Lipinski definition) is 0. The van der Waals surface area contributed by atoms with Gasteiger partial charge in [0, 0.05) is 17.5 Å². The second-order valence-corrected chi connectivity index (χ2v) is 5.58. The van der Waals surface area contributed by atoms with Gasteiger partial charge in [0.15, 0.2) is 11.5 Å². The molecule has 1 aliphatic rings. The molecule has 0 N–H and O–H groups in total. The van der Waals surface area contributed by atoms with Gasteiger partial charge in [-0.15, -0.1) is 0 Å². The van der Waals surface area contributed by atoms with Crippen molar-refractivity contribution in [2.45, 2.75) is 19.3 Å². The Morgan fingerprint density at radius 2 is 1.88 bits per heavy atom. The zero-order valence-electron chi connectivity index (χ0n) is 14.1. The van der Waals surface area contributed by atoms with Gasteiger partial charge < -0.3 is 18.9 Å². The van der Waals surface area contributed by atoms with Gasteiger partial charge in [-0.3, -0.25) is 0 Å². The molecule has 0 aliphatic carbocycles. The van der Waals surface area contributed by atoms with Crippen molar-refractivity contribution in [1.29, 1.82) is 0 Å². The Bertz CT molecular complexity index is 706. The van der Waals surface area contributed by atoms with Crippen molar-refractivity contribution in [3.63, 3.8) is 0 Å². The molecule has 0 saturated carbocycles. The van der Waals surface area contributed by atoms with Crippen LogP contribution in [0.25, 0.3) is 0 Å². The molecule has 1 atom stereocenters. The standard InChI is InChI=1S/C20H22O4/c1-4-10-22-18-12-20-19(23-13-24-20)11-17(18)16(5-2)14-6-8-15(21-3)9-7-14/h4,6-9,11-12,16H,1,5,10,13H2,2-3H3/t16-/m0/s1. The molecule has 0 unspecified atom stereocenters. The van der Waals surface area contributed by atoms with Crippen molar-refractivity contribution in [2.75, 3.05) is 20.5 Å². The van der Waals surface area contributed by atoms with E-state index in [1.54, 1.807) is 13.2 Å². The quantitative estimate of drug-likeness (QED) is 0.701. The van der Waals surface area contributed by atoms with E-state index >= 15 is 0 Å². The topological polar surface area (TPSA) is 36.9 Å². The van der Waals surface area contributed by atoms with Crippen LogP contribution < -0.4 is 18.9 Å². The van der Waals surface area contributed by atoms with E-state index in [-0.39, 0.29) is 12.7 Å². The third-order valence-corrected chi connectivity index (χ3v) is 4.16. The van der Waals surface area contributed by atoms with Crippen molar-refractivity contribution >= 4 is 0 Å². The molecular weight excluding hydrogens is 304 g/mol. The number of rotatable bonds is 7. The minimum absolute atomic E-state index is 0.199. The Morgan fingerprint density at radius 1 is 1.17 bits per heavy atom. The molecule has 0 spiro atoms. The van der Waals surface area contributed by atoms with Crippen LogP contribution in [0.2, 0.25) is 0 Å². The summed E-state index contributed by atoms with van der Waals surface area (Å²) < 4.78 is 22.2. The van der Waals surface area contributed by atoms with Crippen LogP contribution >= 0.6 is 0 Å². The van der Waals surface area contributed by atoms with E-state index in [2.05, 4.69) is 25.6 Å². The molecular formula is C20H22O4. The number of benzene rings is 2. The van der Waals surface area contributed by atoms with Crippen LogP contribution in [0, 0.1) is 0 Å². The predicted molar refractivity (Wildman–Crippen MR) is 93.4 cm³/mol. The SMILES string of the molecule is C=CCOc1cc2c(cc1[C@@H](CC)c1ccc(OC)cc1)OCO2. The first-order valence-corrected chi connectivity index (χ1v) is 8.08. The highest BCUT2D eigenvalue weighted by Crippen LogP contribution is 2.43. The van der Waals surface area contributed by atoms with Gasteiger partial charge in [0.2, 0.25) is 6.79 Å². The lowest BCUT2D eigenvalue weighted by atomic mass is 9.88. The van der Waals surface area contributed by atoms with E-state index in [4.69, 9.17) is 18.9 Å². The largest absolute Gasteiger partial charge is 0.497 e. The summed E-state index contributed by atoms with van der Waals surface area (Å²) in [5.41, 5.74) is 2.30. The molecule has 24 heavy (non-hydrogen) atoms. The minimum Gasteiger partial charge on any atom is -0.497 e. The summed E-state index contributed by atoms with van der Waals surface area (Å²) in [5.74, 6) is 3.35. The number of methoxy groups -OCH3 is 1. The molecule has 1 heterocycles. The molecule has 0 radical (unpaired) electrons. The lowest BCUT2D eigenvalue weighted by Crippen LogP contribution is -2.05. The van der Waals surface area contributed by atoms with E-state index in [9.17, 15) is 0 Å². The molecule has 126 valence electrons. The highest BCUT2D eigenvalue weighted by Gasteiger charge is 2.23. The predicted octanol–water partition coefficient (Wildman–Crippen LogP) is 4.53. The van der Waals surface area contributed by atoms with Gasteiger partial charge in [-0.05, 0) is 30.2 Å². The fraction of sp³-hybridized carbons (Fsp3) is 0.300. The van der Waals surface area contributed by atoms with E-state index in [1.165, 1.54) is 5.56 Å². The lowest BCUT2D eigenvalue weighted by Gasteiger charge is -2.20. The Kier molecular flexibility index (Phi) is 4.94. The maximum Gasteiger partial charge on any atom is 0.231 e. The monoisotopic (exact) mass is 326 g/mol. The molecule has 4 nitrogen and oxygen atoms in total. The fourth-order valence-corrected chi connectivity index (χ4v) is 2.96. The molecule has 0 saturated heterocycles. The second kappa shape index (κ2) is 7.30. The average molecular weight is 326 g/mol. The summed E-state index contributed by atoms with van der Waals surface area (Å²) in [5, 5.41) is 0. The van der Waals surface area contributed by atoms with E-state index in [0.717, 1.165) is 35.0 Å². The van der Waals surface area contributed by atoms with Crippen LogP contribution in [0.4, 0.5) is 0 Å². The van der Waals surface area contributed by atoms with Crippen molar-refractivity contribution in [3.05, 3.63) is 60.2 Å². The first kappa shape index (κ1) is 16.2. The molecule has 4 heteroatoms. The van der Waals surface area contributed by atoms with Crippen molar-refractivity contribution < 1.29 is 18.9 Å². The molecule has 2 aromatic rings. The van der Waals surface area contributed by atoms with Gasteiger partial charge in [0.25, 0.3) is 0 Å². The number of fused-ring (bicyclic) bond motifs is 1. The molecule has 0 amide bonds. The fourth-order valence-electron chi connectivity index (χ4n) is 2.96. The molecule has 0 fully saturated rings. The average Bonchev–Trinajstić information content (AvgIpc) is 3.08. The summed E-state index contributed by atoms with van der Waals surface area (Å²) in [6, 6.07) is 12.1. The van der Waals surface area contributed by atoms with Crippen LogP contribution in [0.3, 0.4) is 0 Å². The third-order valence-electron chi connectivity index (χ3n) is 4.16. The normalized spacial score (nSPS) is 13.4. The third kappa shape index (κ3) is 3.18. The van der Waals surface area contributed by atoms with Gasteiger partial charge in [0.05, 0.1) is 7.11 Å². The Hall–Kier alpha value is -2.62. The summed E-state index contributed by atoms with van der Waals surface area (Å²) in [7, 11) is 1.67. The molecule has 3 rings (SSSR count). The van der Waals surface area contributed by atoms with Crippen LogP contribution in [0.1, 0.15) is 30.4 Å². The van der Waals surface area contributed by atoms with Gasteiger partial charge in [-0.2, -0.15) is 0 Å². The maximum atomic E-state index is 5.88. The highest BCUT2D eigenvalue weighted by atomic mass is 16.7. The maximum absolute atomic E-state index is 5.88. The van der Waals surface area contributed by atoms with Crippen molar-refractivity contribution in [2.24, 2.45) is 0 Å².